The number of anilines is 2. The molecular weight excluding hydrogens is 220 g/mol. The molecule has 0 aromatic heterocycles. The summed E-state index contributed by atoms with van der Waals surface area (Å²) < 4.78 is 0. The second kappa shape index (κ2) is 5.69. The van der Waals surface area contributed by atoms with E-state index in [4.69, 9.17) is 5.73 Å². The van der Waals surface area contributed by atoms with Crippen molar-refractivity contribution in [3.8, 4) is 0 Å². The van der Waals surface area contributed by atoms with Crippen molar-refractivity contribution in [2.75, 3.05) is 11.4 Å². The lowest BCUT2D eigenvalue weighted by Crippen LogP contribution is -2.15. The summed E-state index contributed by atoms with van der Waals surface area (Å²) in [4.78, 5) is 2.29. The van der Waals surface area contributed by atoms with Crippen LogP contribution in [-0.2, 0) is 6.54 Å². The Morgan fingerprint density at radius 3 is 1.83 bits per heavy atom. The summed E-state index contributed by atoms with van der Waals surface area (Å²) in [5.41, 5.74) is 10.5. The smallest absolute Gasteiger partial charge is 0.0410 e. The summed E-state index contributed by atoms with van der Waals surface area (Å²) in [5, 5.41) is 0. The summed E-state index contributed by atoms with van der Waals surface area (Å²) in [5.74, 6) is 0. The molecule has 2 aromatic rings. The Hall–Kier alpha value is -1.80. The highest BCUT2D eigenvalue weighted by molar-refractivity contribution is 5.63. The molecule has 94 valence electrons. The van der Waals surface area contributed by atoms with Crippen LogP contribution in [0.4, 0.5) is 11.4 Å². The molecule has 0 atom stereocenters. The normalized spacial score (nSPS) is 10.4. The first-order chi connectivity index (χ1) is 8.74. The van der Waals surface area contributed by atoms with Crippen molar-refractivity contribution in [3.05, 3.63) is 59.7 Å². The minimum atomic E-state index is 0.594. The Bertz CT molecular complexity index is 486. The van der Waals surface area contributed by atoms with Crippen LogP contribution in [0.25, 0.3) is 0 Å². The number of hydrogen-bond donors (Lipinski definition) is 1. The highest BCUT2D eigenvalue weighted by Crippen LogP contribution is 2.25. The van der Waals surface area contributed by atoms with E-state index in [9.17, 15) is 0 Å². The molecule has 2 nitrogen and oxygen atoms in total. The highest BCUT2D eigenvalue weighted by atomic mass is 15.1. The maximum Gasteiger partial charge on any atom is 0.0410 e. The first-order valence-electron chi connectivity index (χ1n) is 6.38. The van der Waals surface area contributed by atoms with Crippen LogP contribution in [0.3, 0.4) is 0 Å². The lowest BCUT2D eigenvalue weighted by Gasteiger charge is -2.23. The average molecular weight is 240 g/mol. The van der Waals surface area contributed by atoms with Crippen LogP contribution in [0, 0.1) is 6.92 Å². The van der Waals surface area contributed by atoms with E-state index in [0.717, 1.165) is 6.54 Å². The number of hydrogen-bond acceptors (Lipinski definition) is 2. The van der Waals surface area contributed by atoms with Gasteiger partial charge in [0.25, 0.3) is 0 Å². The molecule has 0 heterocycles. The van der Waals surface area contributed by atoms with E-state index in [1.54, 1.807) is 0 Å². The average Bonchev–Trinajstić information content (AvgIpc) is 2.42. The standard InChI is InChI=1S/C16H20N2/c1-3-18(15-8-4-13(2)5-9-15)16-10-6-14(12-17)7-11-16/h4-11H,3,12,17H2,1-2H3. The van der Waals surface area contributed by atoms with Gasteiger partial charge in [0.2, 0.25) is 0 Å². The lowest BCUT2D eigenvalue weighted by molar-refractivity contribution is 1.02. The Labute approximate surface area is 109 Å². The van der Waals surface area contributed by atoms with Gasteiger partial charge in [0.1, 0.15) is 0 Å². The molecule has 2 aromatic carbocycles. The molecule has 0 radical (unpaired) electrons. The van der Waals surface area contributed by atoms with Crippen LogP contribution in [0.2, 0.25) is 0 Å². The van der Waals surface area contributed by atoms with Crippen LogP contribution in [-0.4, -0.2) is 6.54 Å². The zero-order chi connectivity index (χ0) is 13.0. The molecule has 0 fully saturated rings. The van der Waals surface area contributed by atoms with Crippen LogP contribution in [0.1, 0.15) is 18.1 Å². The summed E-state index contributed by atoms with van der Waals surface area (Å²) in [6.45, 7) is 5.81. The third-order valence-electron chi connectivity index (χ3n) is 3.15. The van der Waals surface area contributed by atoms with E-state index < -0.39 is 0 Å². The first-order valence-corrected chi connectivity index (χ1v) is 6.38. The Balaban J connectivity index is 2.29. The predicted octanol–water partition coefficient (Wildman–Crippen LogP) is 3.61. The molecule has 2 rings (SSSR count). The van der Waals surface area contributed by atoms with Crippen LogP contribution < -0.4 is 10.6 Å². The van der Waals surface area contributed by atoms with Gasteiger partial charge in [-0.1, -0.05) is 29.8 Å². The van der Waals surface area contributed by atoms with Crippen molar-refractivity contribution in [2.24, 2.45) is 5.73 Å². The molecule has 0 bridgehead atoms. The molecule has 0 aliphatic heterocycles. The minimum Gasteiger partial charge on any atom is -0.342 e. The summed E-state index contributed by atoms with van der Waals surface area (Å²) in [7, 11) is 0. The minimum absolute atomic E-state index is 0.594. The highest BCUT2D eigenvalue weighted by Gasteiger charge is 2.06. The number of aryl methyl sites for hydroxylation is 1. The predicted molar refractivity (Wildman–Crippen MR) is 78.2 cm³/mol. The van der Waals surface area contributed by atoms with Gasteiger partial charge >= 0.3 is 0 Å². The maximum absolute atomic E-state index is 5.62. The van der Waals surface area contributed by atoms with Crippen LogP contribution in [0.15, 0.2) is 48.5 Å². The van der Waals surface area contributed by atoms with Gasteiger partial charge in [-0.25, -0.2) is 0 Å². The van der Waals surface area contributed by atoms with E-state index in [1.807, 2.05) is 0 Å². The SMILES string of the molecule is CCN(c1ccc(C)cc1)c1ccc(CN)cc1. The molecule has 0 spiro atoms. The largest absolute Gasteiger partial charge is 0.342 e. The Kier molecular flexibility index (Phi) is 4.00. The molecule has 18 heavy (non-hydrogen) atoms. The Morgan fingerprint density at radius 1 is 0.889 bits per heavy atom. The second-order valence-electron chi connectivity index (χ2n) is 4.45. The molecule has 0 saturated heterocycles. The Morgan fingerprint density at radius 2 is 1.39 bits per heavy atom. The molecular formula is C16H20N2. The molecule has 2 N–H and O–H groups in total. The van der Waals surface area contributed by atoms with Gasteiger partial charge in [0.15, 0.2) is 0 Å². The van der Waals surface area contributed by atoms with Crippen molar-refractivity contribution in [1.29, 1.82) is 0 Å². The van der Waals surface area contributed by atoms with Crippen molar-refractivity contribution in [3.63, 3.8) is 0 Å². The molecule has 0 amide bonds. The van der Waals surface area contributed by atoms with E-state index >= 15 is 0 Å². The van der Waals surface area contributed by atoms with Gasteiger partial charge in [-0.2, -0.15) is 0 Å². The third kappa shape index (κ3) is 2.71. The summed E-state index contributed by atoms with van der Waals surface area (Å²) >= 11 is 0. The number of benzene rings is 2. The quantitative estimate of drug-likeness (QED) is 0.884. The third-order valence-corrected chi connectivity index (χ3v) is 3.15. The number of nitrogens with zero attached hydrogens (tertiary/aromatic N) is 1. The monoisotopic (exact) mass is 240 g/mol. The second-order valence-corrected chi connectivity index (χ2v) is 4.45. The van der Waals surface area contributed by atoms with Crippen molar-refractivity contribution in [1.82, 2.24) is 0 Å². The van der Waals surface area contributed by atoms with E-state index in [0.29, 0.717) is 6.54 Å². The van der Waals surface area contributed by atoms with Crippen LogP contribution >= 0.6 is 0 Å². The zero-order valence-electron chi connectivity index (χ0n) is 11.1. The molecule has 0 unspecified atom stereocenters. The van der Waals surface area contributed by atoms with Crippen LogP contribution in [0.5, 0.6) is 0 Å². The summed E-state index contributed by atoms with van der Waals surface area (Å²) in [6, 6.07) is 17.1. The van der Waals surface area contributed by atoms with E-state index in [2.05, 4.69) is 67.3 Å². The van der Waals surface area contributed by atoms with E-state index in [-0.39, 0.29) is 0 Å². The van der Waals surface area contributed by atoms with Crippen molar-refractivity contribution in [2.45, 2.75) is 20.4 Å². The number of nitrogens with two attached hydrogens (primary N) is 1. The molecule has 0 aliphatic rings. The van der Waals surface area contributed by atoms with Gasteiger partial charge in [-0.05, 0) is 43.7 Å². The van der Waals surface area contributed by atoms with Gasteiger partial charge in [0.05, 0.1) is 0 Å². The van der Waals surface area contributed by atoms with Gasteiger partial charge in [-0.3, -0.25) is 0 Å². The van der Waals surface area contributed by atoms with Crippen molar-refractivity contribution >= 4 is 11.4 Å². The number of rotatable bonds is 4. The fourth-order valence-corrected chi connectivity index (χ4v) is 2.05. The molecule has 0 saturated carbocycles. The maximum atomic E-state index is 5.62. The van der Waals surface area contributed by atoms with E-state index in [1.165, 1.54) is 22.5 Å². The topological polar surface area (TPSA) is 29.3 Å². The van der Waals surface area contributed by atoms with Gasteiger partial charge in [0, 0.05) is 24.5 Å². The lowest BCUT2D eigenvalue weighted by atomic mass is 10.1. The van der Waals surface area contributed by atoms with Gasteiger partial charge in [-0.15, -0.1) is 0 Å². The molecule has 2 heteroatoms. The van der Waals surface area contributed by atoms with Crippen molar-refractivity contribution < 1.29 is 0 Å². The summed E-state index contributed by atoms with van der Waals surface area (Å²) in [6.07, 6.45) is 0. The fraction of sp³-hybridized carbons (Fsp3) is 0.250. The van der Waals surface area contributed by atoms with Gasteiger partial charge < -0.3 is 10.6 Å². The molecule has 0 aliphatic carbocycles. The zero-order valence-corrected chi connectivity index (χ0v) is 11.1. The fourth-order valence-electron chi connectivity index (χ4n) is 2.05. The first kappa shape index (κ1) is 12.7.